The van der Waals surface area contributed by atoms with Gasteiger partial charge in [-0.2, -0.15) is 0 Å². The molecule has 0 aliphatic heterocycles. The Bertz CT molecular complexity index is 594. The van der Waals surface area contributed by atoms with Crippen molar-refractivity contribution in [1.29, 1.82) is 0 Å². The van der Waals surface area contributed by atoms with E-state index in [4.69, 9.17) is 17.3 Å². The third-order valence-corrected chi connectivity index (χ3v) is 2.85. The summed E-state index contributed by atoms with van der Waals surface area (Å²) in [6, 6.07) is 1.20. The molecule has 0 aromatic carbocycles. The van der Waals surface area contributed by atoms with Gasteiger partial charge in [-0.1, -0.05) is 11.6 Å². The first-order valence-electron chi connectivity index (χ1n) is 5.61. The number of carbonyl (C=O) groups is 1. The molecule has 0 saturated carbocycles. The SMILES string of the molecule is CCNC(=O)C(C)n1c(N)nc2cc(Cl)cnc21. The van der Waals surface area contributed by atoms with Gasteiger partial charge in [0.15, 0.2) is 5.65 Å². The average Bonchev–Trinajstić information content (AvgIpc) is 2.63. The first kappa shape index (κ1) is 12.6. The molecule has 0 bridgehead atoms. The van der Waals surface area contributed by atoms with Crippen LogP contribution in [0.1, 0.15) is 19.9 Å². The van der Waals surface area contributed by atoms with Crippen molar-refractivity contribution in [3.05, 3.63) is 17.3 Å². The molecule has 0 spiro atoms. The first-order valence-corrected chi connectivity index (χ1v) is 5.99. The van der Waals surface area contributed by atoms with Gasteiger partial charge in [-0.15, -0.1) is 0 Å². The number of nitrogen functional groups attached to an aromatic ring is 1. The van der Waals surface area contributed by atoms with Crippen LogP contribution < -0.4 is 11.1 Å². The third-order valence-electron chi connectivity index (χ3n) is 2.64. The Labute approximate surface area is 109 Å². The van der Waals surface area contributed by atoms with Crippen LogP contribution in [0.5, 0.6) is 0 Å². The van der Waals surface area contributed by atoms with E-state index in [0.717, 1.165) is 0 Å². The van der Waals surface area contributed by atoms with Gasteiger partial charge < -0.3 is 11.1 Å². The van der Waals surface area contributed by atoms with Crippen LogP contribution in [0, 0.1) is 0 Å². The van der Waals surface area contributed by atoms with Crippen LogP contribution in [0.3, 0.4) is 0 Å². The molecule has 0 aliphatic carbocycles. The van der Waals surface area contributed by atoms with Crippen molar-refractivity contribution in [3.8, 4) is 0 Å². The van der Waals surface area contributed by atoms with Crippen molar-refractivity contribution < 1.29 is 4.79 Å². The Hall–Kier alpha value is -1.82. The number of nitrogens with one attached hydrogen (secondary N) is 1. The lowest BCUT2D eigenvalue weighted by molar-refractivity contribution is -0.123. The number of likely N-dealkylation sites (N-methyl/N-ethyl adjacent to an activating group) is 1. The average molecular weight is 268 g/mol. The van der Waals surface area contributed by atoms with Gasteiger partial charge in [0.2, 0.25) is 11.9 Å². The molecule has 3 N–H and O–H groups in total. The zero-order chi connectivity index (χ0) is 13.3. The molecule has 0 fully saturated rings. The molecule has 2 rings (SSSR count). The lowest BCUT2D eigenvalue weighted by atomic mass is 10.3. The maximum Gasteiger partial charge on any atom is 0.242 e. The number of pyridine rings is 1. The Morgan fingerprint density at radius 3 is 3.06 bits per heavy atom. The third kappa shape index (κ3) is 2.11. The van der Waals surface area contributed by atoms with Gasteiger partial charge in [-0.05, 0) is 19.9 Å². The van der Waals surface area contributed by atoms with Gasteiger partial charge in [0.05, 0.1) is 5.02 Å². The Kier molecular flexibility index (Phi) is 3.38. The van der Waals surface area contributed by atoms with Crippen LogP contribution >= 0.6 is 11.6 Å². The second-order valence-corrected chi connectivity index (χ2v) is 4.34. The molecule has 7 heteroatoms. The molecule has 0 aliphatic rings. The summed E-state index contributed by atoms with van der Waals surface area (Å²) in [5.41, 5.74) is 6.96. The number of nitrogens with two attached hydrogens (primary N) is 1. The predicted molar refractivity (Wildman–Crippen MR) is 70.3 cm³/mol. The molecule has 0 radical (unpaired) electrons. The maximum absolute atomic E-state index is 11.8. The zero-order valence-electron chi connectivity index (χ0n) is 10.1. The summed E-state index contributed by atoms with van der Waals surface area (Å²) in [5, 5.41) is 3.22. The Balaban J connectivity index is 2.50. The number of hydrogen-bond acceptors (Lipinski definition) is 4. The van der Waals surface area contributed by atoms with Crippen LogP contribution in [-0.4, -0.2) is 27.0 Å². The van der Waals surface area contributed by atoms with Crippen LogP contribution in [0.2, 0.25) is 5.02 Å². The summed E-state index contributed by atoms with van der Waals surface area (Å²) in [7, 11) is 0. The molecule has 1 amide bonds. The molecule has 18 heavy (non-hydrogen) atoms. The lowest BCUT2D eigenvalue weighted by Crippen LogP contribution is -2.31. The molecular formula is C11H14ClN5O. The highest BCUT2D eigenvalue weighted by molar-refractivity contribution is 6.31. The minimum absolute atomic E-state index is 0.125. The van der Waals surface area contributed by atoms with Crippen molar-refractivity contribution in [3.63, 3.8) is 0 Å². The number of rotatable bonds is 3. The van der Waals surface area contributed by atoms with Crippen molar-refractivity contribution in [1.82, 2.24) is 19.9 Å². The summed E-state index contributed by atoms with van der Waals surface area (Å²) in [4.78, 5) is 20.2. The van der Waals surface area contributed by atoms with Crippen LogP contribution in [-0.2, 0) is 4.79 Å². The van der Waals surface area contributed by atoms with E-state index in [2.05, 4.69) is 15.3 Å². The first-order chi connectivity index (χ1) is 8.54. The van der Waals surface area contributed by atoms with E-state index in [-0.39, 0.29) is 11.9 Å². The molecule has 1 unspecified atom stereocenters. The van der Waals surface area contributed by atoms with Gasteiger partial charge in [0, 0.05) is 12.7 Å². The summed E-state index contributed by atoms with van der Waals surface area (Å²) in [6.07, 6.45) is 1.51. The number of anilines is 1. The van der Waals surface area contributed by atoms with E-state index in [0.29, 0.717) is 22.7 Å². The Morgan fingerprint density at radius 2 is 2.39 bits per heavy atom. The summed E-state index contributed by atoms with van der Waals surface area (Å²) in [5.74, 6) is 0.124. The number of nitrogens with zero attached hydrogens (tertiary/aromatic N) is 3. The van der Waals surface area contributed by atoms with E-state index in [1.807, 2.05) is 6.92 Å². The number of carbonyl (C=O) groups excluding carboxylic acids is 1. The second kappa shape index (κ2) is 4.81. The molecule has 0 saturated heterocycles. The summed E-state index contributed by atoms with van der Waals surface area (Å²) < 4.78 is 1.59. The van der Waals surface area contributed by atoms with Crippen molar-refractivity contribution in [2.75, 3.05) is 12.3 Å². The highest BCUT2D eigenvalue weighted by Gasteiger charge is 2.20. The predicted octanol–water partition coefficient (Wildman–Crippen LogP) is 1.36. The fourth-order valence-electron chi connectivity index (χ4n) is 1.80. The monoisotopic (exact) mass is 267 g/mol. The number of imidazole rings is 1. The van der Waals surface area contributed by atoms with Crippen molar-refractivity contribution in [2.24, 2.45) is 0 Å². The molecule has 6 nitrogen and oxygen atoms in total. The summed E-state index contributed by atoms with van der Waals surface area (Å²) in [6.45, 7) is 4.17. The number of amides is 1. The maximum atomic E-state index is 11.8. The number of halogens is 1. The van der Waals surface area contributed by atoms with Gasteiger partial charge in [0.1, 0.15) is 11.6 Å². The fourth-order valence-corrected chi connectivity index (χ4v) is 1.95. The standard InChI is InChI=1S/C11H14ClN5O/c1-3-14-10(18)6(2)17-9-8(16-11(17)13)4-7(12)5-15-9/h4-6H,3H2,1-2H3,(H2,13,16)(H,14,18). The lowest BCUT2D eigenvalue weighted by Gasteiger charge is -2.14. The second-order valence-electron chi connectivity index (χ2n) is 3.91. The van der Waals surface area contributed by atoms with Gasteiger partial charge in [-0.3, -0.25) is 9.36 Å². The molecule has 2 heterocycles. The van der Waals surface area contributed by atoms with Crippen LogP contribution in [0.4, 0.5) is 5.95 Å². The topological polar surface area (TPSA) is 85.8 Å². The smallest absolute Gasteiger partial charge is 0.242 e. The van der Waals surface area contributed by atoms with Gasteiger partial charge >= 0.3 is 0 Å². The number of hydrogen-bond donors (Lipinski definition) is 2. The Morgan fingerprint density at radius 1 is 1.67 bits per heavy atom. The highest BCUT2D eigenvalue weighted by Crippen LogP contribution is 2.23. The summed E-state index contributed by atoms with van der Waals surface area (Å²) >= 11 is 5.84. The van der Waals surface area contributed by atoms with E-state index in [1.165, 1.54) is 6.20 Å². The normalized spacial score (nSPS) is 12.6. The molecule has 2 aromatic heterocycles. The van der Waals surface area contributed by atoms with Gasteiger partial charge in [-0.25, -0.2) is 9.97 Å². The minimum atomic E-state index is -0.469. The molecule has 1 atom stereocenters. The van der Waals surface area contributed by atoms with E-state index < -0.39 is 6.04 Å². The highest BCUT2D eigenvalue weighted by atomic mass is 35.5. The van der Waals surface area contributed by atoms with E-state index in [9.17, 15) is 4.79 Å². The van der Waals surface area contributed by atoms with Crippen molar-refractivity contribution >= 4 is 34.6 Å². The molecular weight excluding hydrogens is 254 g/mol. The number of aromatic nitrogens is 3. The largest absolute Gasteiger partial charge is 0.369 e. The van der Waals surface area contributed by atoms with Crippen LogP contribution in [0.25, 0.3) is 11.2 Å². The minimum Gasteiger partial charge on any atom is -0.369 e. The quantitative estimate of drug-likeness (QED) is 0.879. The van der Waals surface area contributed by atoms with E-state index >= 15 is 0 Å². The molecule has 96 valence electrons. The number of fused-ring (bicyclic) bond motifs is 1. The van der Waals surface area contributed by atoms with Crippen LogP contribution in [0.15, 0.2) is 12.3 Å². The van der Waals surface area contributed by atoms with Crippen molar-refractivity contribution in [2.45, 2.75) is 19.9 Å². The molecule has 2 aromatic rings. The van der Waals surface area contributed by atoms with E-state index in [1.54, 1.807) is 17.6 Å². The fraction of sp³-hybridized carbons (Fsp3) is 0.364. The zero-order valence-corrected chi connectivity index (χ0v) is 10.9. The van der Waals surface area contributed by atoms with Gasteiger partial charge in [0.25, 0.3) is 0 Å².